The molecule has 0 atom stereocenters. The average Bonchev–Trinajstić information content (AvgIpc) is 2.90. The molecule has 0 heterocycles. The molecule has 15 heavy (non-hydrogen) atoms. The van der Waals surface area contributed by atoms with Gasteiger partial charge in [-0.1, -0.05) is 0 Å². The monoisotopic (exact) mass is 211 g/mol. The standard InChI is InChI=1S/C11H17NO3/c1-7(13)12-6-8-4-10(5-8)15-11(14)9-2-3-9/h8-10H,2-6H2,1H3,(H,12,13). The molecule has 2 rings (SSSR count). The van der Waals surface area contributed by atoms with E-state index in [9.17, 15) is 9.59 Å². The van der Waals surface area contributed by atoms with Crippen molar-refractivity contribution >= 4 is 11.9 Å². The normalized spacial score (nSPS) is 29.1. The van der Waals surface area contributed by atoms with Crippen molar-refractivity contribution in [1.82, 2.24) is 5.32 Å². The van der Waals surface area contributed by atoms with E-state index in [0.717, 1.165) is 25.7 Å². The Kier molecular flexibility index (Phi) is 2.93. The first-order valence-corrected chi connectivity index (χ1v) is 5.60. The summed E-state index contributed by atoms with van der Waals surface area (Å²) in [7, 11) is 0. The zero-order valence-corrected chi connectivity index (χ0v) is 8.99. The second-order valence-corrected chi connectivity index (χ2v) is 4.61. The van der Waals surface area contributed by atoms with Crippen LogP contribution >= 0.6 is 0 Å². The summed E-state index contributed by atoms with van der Waals surface area (Å²) < 4.78 is 5.30. The van der Waals surface area contributed by atoms with Crippen molar-refractivity contribution < 1.29 is 14.3 Å². The molecule has 1 N–H and O–H groups in total. The summed E-state index contributed by atoms with van der Waals surface area (Å²) in [5.41, 5.74) is 0. The fourth-order valence-corrected chi connectivity index (χ4v) is 1.81. The molecule has 0 bridgehead atoms. The molecule has 0 spiro atoms. The minimum Gasteiger partial charge on any atom is -0.462 e. The molecule has 4 nitrogen and oxygen atoms in total. The van der Waals surface area contributed by atoms with Gasteiger partial charge in [0, 0.05) is 13.5 Å². The van der Waals surface area contributed by atoms with E-state index in [1.807, 2.05) is 0 Å². The van der Waals surface area contributed by atoms with Crippen LogP contribution in [-0.4, -0.2) is 24.5 Å². The van der Waals surface area contributed by atoms with E-state index in [-0.39, 0.29) is 23.9 Å². The molecule has 2 aliphatic rings. The third kappa shape index (κ3) is 2.94. The Labute approximate surface area is 89.4 Å². The number of hydrogen-bond acceptors (Lipinski definition) is 3. The van der Waals surface area contributed by atoms with Gasteiger partial charge in [-0.05, 0) is 31.6 Å². The van der Waals surface area contributed by atoms with E-state index in [1.165, 1.54) is 6.92 Å². The summed E-state index contributed by atoms with van der Waals surface area (Å²) in [5.74, 6) is 0.677. The minimum atomic E-state index is -0.0158. The van der Waals surface area contributed by atoms with Gasteiger partial charge in [-0.3, -0.25) is 9.59 Å². The maximum Gasteiger partial charge on any atom is 0.309 e. The predicted octanol–water partition coefficient (Wildman–Crippen LogP) is 0.854. The summed E-state index contributed by atoms with van der Waals surface area (Å²) in [6, 6.07) is 0. The summed E-state index contributed by atoms with van der Waals surface area (Å²) in [6.45, 7) is 2.23. The summed E-state index contributed by atoms with van der Waals surface area (Å²) in [4.78, 5) is 21.9. The minimum absolute atomic E-state index is 0.00780. The molecule has 84 valence electrons. The van der Waals surface area contributed by atoms with E-state index in [1.54, 1.807) is 0 Å². The second kappa shape index (κ2) is 4.21. The molecule has 0 radical (unpaired) electrons. The van der Waals surface area contributed by atoms with Gasteiger partial charge in [0.2, 0.25) is 5.91 Å². The van der Waals surface area contributed by atoms with Gasteiger partial charge < -0.3 is 10.1 Å². The molecule has 2 fully saturated rings. The molecule has 1 amide bonds. The molecule has 4 heteroatoms. The number of amides is 1. The highest BCUT2D eigenvalue weighted by Crippen LogP contribution is 2.35. The first kappa shape index (κ1) is 10.5. The fraction of sp³-hybridized carbons (Fsp3) is 0.818. The van der Waals surface area contributed by atoms with E-state index in [0.29, 0.717) is 12.5 Å². The second-order valence-electron chi connectivity index (χ2n) is 4.61. The Morgan fingerprint density at radius 3 is 2.53 bits per heavy atom. The van der Waals surface area contributed by atoms with Crippen LogP contribution in [0.3, 0.4) is 0 Å². The van der Waals surface area contributed by atoms with E-state index < -0.39 is 0 Å². The van der Waals surface area contributed by atoms with Gasteiger partial charge in [0.05, 0.1) is 5.92 Å². The third-order valence-corrected chi connectivity index (χ3v) is 3.03. The van der Waals surface area contributed by atoms with Crippen LogP contribution in [0, 0.1) is 11.8 Å². The van der Waals surface area contributed by atoms with Crippen molar-refractivity contribution in [3.8, 4) is 0 Å². The maximum atomic E-state index is 11.3. The SMILES string of the molecule is CC(=O)NCC1CC(OC(=O)C2CC2)C1. The van der Waals surface area contributed by atoms with E-state index in [4.69, 9.17) is 4.74 Å². The number of carbonyl (C=O) groups excluding carboxylic acids is 2. The number of hydrogen-bond donors (Lipinski definition) is 1. The lowest BCUT2D eigenvalue weighted by molar-refractivity contribution is -0.157. The Balaban J connectivity index is 1.57. The van der Waals surface area contributed by atoms with Crippen LogP contribution < -0.4 is 5.32 Å². The maximum absolute atomic E-state index is 11.3. The zero-order valence-electron chi connectivity index (χ0n) is 8.99. The van der Waals surface area contributed by atoms with Gasteiger partial charge in [-0.15, -0.1) is 0 Å². The smallest absolute Gasteiger partial charge is 0.309 e. The molecule has 0 aromatic rings. The molecule has 0 aliphatic heterocycles. The third-order valence-electron chi connectivity index (χ3n) is 3.03. The van der Waals surface area contributed by atoms with Crippen molar-refractivity contribution in [2.24, 2.45) is 11.8 Å². The van der Waals surface area contributed by atoms with Crippen LogP contribution in [0.5, 0.6) is 0 Å². The Hall–Kier alpha value is -1.06. The summed E-state index contributed by atoms with van der Waals surface area (Å²) >= 11 is 0. The van der Waals surface area contributed by atoms with Crippen molar-refractivity contribution in [2.75, 3.05) is 6.54 Å². The molecule has 0 aromatic carbocycles. The Morgan fingerprint density at radius 1 is 1.33 bits per heavy atom. The largest absolute Gasteiger partial charge is 0.462 e. The van der Waals surface area contributed by atoms with Crippen LogP contribution in [-0.2, 0) is 14.3 Å². The van der Waals surface area contributed by atoms with Crippen LogP contribution in [0.4, 0.5) is 0 Å². The van der Waals surface area contributed by atoms with Crippen molar-refractivity contribution in [1.29, 1.82) is 0 Å². The molecular weight excluding hydrogens is 194 g/mol. The first-order chi connectivity index (χ1) is 7.15. The fourth-order valence-electron chi connectivity index (χ4n) is 1.81. The summed E-state index contributed by atoms with van der Waals surface area (Å²) in [6.07, 6.45) is 3.91. The van der Waals surface area contributed by atoms with Gasteiger partial charge in [0.25, 0.3) is 0 Å². The number of carbonyl (C=O) groups is 2. The van der Waals surface area contributed by atoms with Crippen LogP contribution in [0.25, 0.3) is 0 Å². The molecule has 2 saturated carbocycles. The molecular formula is C11H17NO3. The van der Waals surface area contributed by atoms with Gasteiger partial charge in [-0.2, -0.15) is 0 Å². The number of esters is 1. The van der Waals surface area contributed by atoms with E-state index in [2.05, 4.69) is 5.32 Å². The van der Waals surface area contributed by atoms with Gasteiger partial charge in [-0.25, -0.2) is 0 Å². The van der Waals surface area contributed by atoms with Gasteiger partial charge >= 0.3 is 5.97 Å². The predicted molar refractivity (Wildman–Crippen MR) is 54.0 cm³/mol. The lowest BCUT2D eigenvalue weighted by Crippen LogP contribution is -2.40. The van der Waals surface area contributed by atoms with Crippen LogP contribution in [0.2, 0.25) is 0 Å². The van der Waals surface area contributed by atoms with Crippen LogP contribution in [0.15, 0.2) is 0 Å². The molecule has 2 aliphatic carbocycles. The highest BCUT2D eigenvalue weighted by Gasteiger charge is 2.37. The van der Waals surface area contributed by atoms with Gasteiger partial charge in [0.15, 0.2) is 0 Å². The number of rotatable bonds is 4. The van der Waals surface area contributed by atoms with E-state index >= 15 is 0 Å². The average molecular weight is 211 g/mol. The molecule has 0 saturated heterocycles. The number of ether oxygens (including phenoxy) is 1. The quantitative estimate of drug-likeness (QED) is 0.701. The van der Waals surface area contributed by atoms with Crippen molar-refractivity contribution in [2.45, 2.75) is 38.7 Å². The lowest BCUT2D eigenvalue weighted by atomic mass is 9.82. The summed E-state index contributed by atoms with van der Waals surface area (Å²) in [5, 5.41) is 2.78. The van der Waals surface area contributed by atoms with Gasteiger partial charge in [0.1, 0.15) is 6.10 Å². The van der Waals surface area contributed by atoms with Crippen LogP contribution in [0.1, 0.15) is 32.6 Å². The zero-order chi connectivity index (χ0) is 10.8. The molecule has 0 aromatic heterocycles. The topological polar surface area (TPSA) is 55.4 Å². The Bertz CT molecular complexity index is 267. The number of nitrogens with one attached hydrogen (secondary N) is 1. The lowest BCUT2D eigenvalue weighted by Gasteiger charge is -2.34. The van der Waals surface area contributed by atoms with Crippen molar-refractivity contribution in [3.63, 3.8) is 0 Å². The highest BCUT2D eigenvalue weighted by molar-refractivity contribution is 5.75. The Morgan fingerprint density at radius 2 is 2.00 bits per heavy atom. The molecule has 0 unspecified atom stereocenters. The van der Waals surface area contributed by atoms with Crippen molar-refractivity contribution in [3.05, 3.63) is 0 Å². The highest BCUT2D eigenvalue weighted by atomic mass is 16.5. The first-order valence-electron chi connectivity index (χ1n) is 5.60.